The van der Waals surface area contributed by atoms with Gasteiger partial charge in [-0.1, -0.05) is 6.07 Å². The first-order chi connectivity index (χ1) is 10.3. The Morgan fingerprint density at radius 1 is 1.19 bits per heavy atom. The number of hydrogen-bond donors (Lipinski definition) is 2. The number of thiocarbonyl (C=S) groups is 1. The first-order valence-electron chi connectivity index (χ1n) is 6.82. The second kappa shape index (κ2) is 8.16. The summed E-state index contributed by atoms with van der Waals surface area (Å²) >= 11 is 5.22. The Morgan fingerprint density at radius 3 is 2.81 bits per heavy atom. The minimum atomic E-state index is 0.544. The monoisotopic (exact) mass is 302 g/mol. The second-order valence-corrected chi connectivity index (χ2v) is 4.64. The zero-order valence-electron chi connectivity index (χ0n) is 11.9. The zero-order chi connectivity index (χ0) is 14.9. The van der Waals surface area contributed by atoms with Crippen molar-refractivity contribution in [2.24, 2.45) is 0 Å². The molecule has 0 bridgehead atoms. The van der Waals surface area contributed by atoms with Crippen LogP contribution in [0.15, 0.2) is 42.7 Å². The summed E-state index contributed by atoms with van der Waals surface area (Å²) in [7, 11) is 0. The highest BCUT2D eigenvalue weighted by molar-refractivity contribution is 7.80. The van der Waals surface area contributed by atoms with Crippen molar-refractivity contribution in [3.63, 3.8) is 0 Å². The van der Waals surface area contributed by atoms with Gasteiger partial charge >= 0.3 is 0 Å². The summed E-state index contributed by atoms with van der Waals surface area (Å²) in [5.74, 6) is 1.55. The molecule has 6 heteroatoms. The fourth-order valence-corrected chi connectivity index (χ4v) is 2.00. The van der Waals surface area contributed by atoms with Crippen molar-refractivity contribution in [3.05, 3.63) is 48.4 Å². The Hall–Kier alpha value is -2.21. The maximum atomic E-state index is 5.54. The molecule has 110 valence electrons. The number of nitrogens with zero attached hydrogens (tertiary/aromatic N) is 2. The van der Waals surface area contributed by atoms with Crippen LogP contribution in [0.25, 0.3) is 0 Å². The van der Waals surface area contributed by atoms with Gasteiger partial charge < -0.3 is 15.4 Å². The van der Waals surface area contributed by atoms with E-state index in [-0.39, 0.29) is 0 Å². The fraction of sp³-hybridized carbons (Fsp3) is 0.267. The summed E-state index contributed by atoms with van der Waals surface area (Å²) in [6, 6.07) is 9.42. The molecular weight excluding hydrogens is 284 g/mol. The average Bonchev–Trinajstić information content (AvgIpc) is 2.50. The van der Waals surface area contributed by atoms with Gasteiger partial charge in [-0.15, -0.1) is 0 Å². The third-order valence-corrected chi connectivity index (χ3v) is 2.95. The number of hydrogen-bond acceptors (Lipinski definition) is 4. The van der Waals surface area contributed by atoms with Gasteiger partial charge in [0.2, 0.25) is 0 Å². The Balaban J connectivity index is 1.80. The quantitative estimate of drug-likeness (QED) is 0.799. The van der Waals surface area contributed by atoms with Gasteiger partial charge in [-0.25, -0.2) is 4.98 Å². The van der Waals surface area contributed by atoms with Crippen LogP contribution in [0.2, 0.25) is 0 Å². The third kappa shape index (κ3) is 5.00. The molecule has 0 aliphatic heterocycles. The topological polar surface area (TPSA) is 59.1 Å². The minimum absolute atomic E-state index is 0.544. The molecule has 0 amide bonds. The van der Waals surface area contributed by atoms with Crippen molar-refractivity contribution in [1.29, 1.82) is 0 Å². The van der Waals surface area contributed by atoms with E-state index in [4.69, 9.17) is 17.0 Å². The van der Waals surface area contributed by atoms with E-state index in [2.05, 4.69) is 20.6 Å². The lowest BCUT2D eigenvalue weighted by molar-refractivity contribution is 0.334. The Morgan fingerprint density at radius 2 is 2.05 bits per heavy atom. The summed E-state index contributed by atoms with van der Waals surface area (Å²) in [6.45, 7) is 3.27. The van der Waals surface area contributed by atoms with Crippen LogP contribution in [0.3, 0.4) is 0 Å². The second-order valence-electron chi connectivity index (χ2n) is 4.23. The van der Waals surface area contributed by atoms with E-state index in [1.807, 2.05) is 37.3 Å². The van der Waals surface area contributed by atoms with Gasteiger partial charge in [0, 0.05) is 25.4 Å². The molecule has 5 nitrogen and oxygen atoms in total. The van der Waals surface area contributed by atoms with E-state index in [0.717, 1.165) is 23.7 Å². The van der Waals surface area contributed by atoms with Gasteiger partial charge in [0.25, 0.3) is 0 Å². The van der Waals surface area contributed by atoms with Crippen molar-refractivity contribution in [3.8, 4) is 5.75 Å². The van der Waals surface area contributed by atoms with E-state index in [1.165, 1.54) is 0 Å². The first-order valence-corrected chi connectivity index (χ1v) is 7.23. The summed E-state index contributed by atoms with van der Waals surface area (Å²) in [6.07, 6.45) is 4.22. The van der Waals surface area contributed by atoms with Crippen LogP contribution in [-0.2, 0) is 6.42 Å². The van der Waals surface area contributed by atoms with Crippen molar-refractivity contribution < 1.29 is 4.74 Å². The van der Waals surface area contributed by atoms with Crippen LogP contribution in [0.5, 0.6) is 5.75 Å². The van der Waals surface area contributed by atoms with Gasteiger partial charge in [0.15, 0.2) is 5.11 Å². The standard InChI is InChI=1S/C15H18N4OS/c1-2-20-13-6-5-10-16-12(13)8-11-18-15(21)19-14-7-3-4-9-17-14/h3-7,9-10H,2,8,11H2,1H3,(H2,17,18,19,21). The maximum Gasteiger partial charge on any atom is 0.171 e. The number of nitrogens with one attached hydrogen (secondary N) is 2. The smallest absolute Gasteiger partial charge is 0.171 e. The molecule has 0 unspecified atom stereocenters. The molecule has 2 aromatic heterocycles. The molecule has 0 saturated heterocycles. The highest BCUT2D eigenvalue weighted by Gasteiger charge is 2.04. The molecule has 0 spiro atoms. The van der Waals surface area contributed by atoms with Crippen molar-refractivity contribution >= 4 is 23.1 Å². The van der Waals surface area contributed by atoms with Crippen LogP contribution in [0.4, 0.5) is 5.82 Å². The zero-order valence-corrected chi connectivity index (χ0v) is 12.7. The largest absolute Gasteiger partial charge is 0.492 e. The van der Waals surface area contributed by atoms with E-state index in [9.17, 15) is 0 Å². The first kappa shape index (κ1) is 15.2. The molecule has 0 aliphatic rings. The van der Waals surface area contributed by atoms with Crippen molar-refractivity contribution in [1.82, 2.24) is 15.3 Å². The molecule has 2 aromatic rings. The minimum Gasteiger partial charge on any atom is -0.492 e. The molecular formula is C15H18N4OS. The lowest BCUT2D eigenvalue weighted by atomic mass is 10.2. The predicted molar refractivity (Wildman–Crippen MR) is 87.6 cm³/mol. The molecule has 0 aromatic carbocycles. The van der Waals surface area contributed by atoms with E-state index in [0.29, 0.717) is 18.3 Å². The SMILES string of the molecule is CCOc1cccnc1CCNC(=S)Nc1ccccn1. The van der Waals surface area contributed by atoms with Gasteiger partial charge in [0.05, 0.1) is 12.3 Å². The number of aromatic nitrogens is 2. The highest BCUT2D eigenvalue weighted by atomic mass is 32.1. The van der Waals surface area contributed by atoms with E-state index >= 15 is 0 Å². The molecule has 0 radical (unpaired) electrons. The van der Waals surface area contributed by atoms with E-state index in [1.54, 1.807) is 12.4 Å². The predicted octanol–water partition coefficient (Wildman–Crippen LogP) is 2.40. The normalized spacial score (nSPS) is 9.95. The van der Waals surface area contributed by atoms with Gasteiger partial charge in [-0.05, 0) is 43.4 Å². The molecule has 0 saturated carbocycles. The van der Waals surface area contributed by atoms with Crippen LogP contribution in [0.1, 0.15) is 12.6 Å². The number of pyridine rings is 2. The lowest BCUT2D eigenvalue weighted by Gasteiger charge is -2.11. The van der Waals surface area contributed by atoms with Crippen LogP contribution in [-0.4, -0.2) is 28.2 Å². The van der Waals surface area contributed by atoms with Gasteiger partial charge in [-0.2, -0.15) is 0 Å². The highest BCUT2D eigenvalue weighted by Crippen LogP contribution is 2.15. The summed E-state index contributed by atoms with van der Waals surface area (Å²) in [5, 5.41) is 6.70. The molecule has 0 atom stereocenters. The Labute approximate surface area is 129 Å². The lowest BCUT2D eigenvalue weighted by Crippen LogP contribution is -2.30. The van der Waals surface area contributed by atoms with Crippen LogP contribution >= 0.6 is 12.2 Å². The molecule has 21 heavy (non-hydrogen) atoms. The molecule has 0 aliphatic carbocycles. The number of anilines is 1. The van der Waals surface area contributed by atoms with E-state index < -0.39 is 0 Å². The molecule has 2 rings (SSSR count). The maximum absolute atomic E-state index is 5.54. The third-order valence-electron chi connectivity index (χ3n) is 2.70. The number of ether oxygens (including phenoxy) is 1. The Kier molecular flexibility index (Phi) is 5.90. The van der Waals surface area contributed by atoms with Gasteiger partial charge in [-0.3, -0.25) is 4.98 Å². The molecule has 2 N–H and O–H groups in total. The Bertz CT molecular complexity index is 577. The summed E-state index contributed by atoms with van der Waals surface area (Å²) < 4.78 is 5.54. The average molecular weight is 302 g/mol. The van der Waals surface area contributed by atoms with Crippen LogP contribution < -0.4 is 15.4 Å². The fourth-order valence-electron chi connectivity index (χ4n) is 1.79. The number of rotatable bonds is 6. The summed E-state index contributed by atoms with van der Waals surface area (Å²) in [4.78, 5) is 8.49. The molecule has 0 fully saturated rings. The van der Waals surface area contributed by atoms with Crippen LogP contribution in [0, 0.1) is 0 Å². The molecule has 2 heterocycles. The summed E-state index contributed by atoms with van der Waals surface area (Å²) in [5.41, 5.74) is 0.924. The van der Waals surface area contributed by atoms with Gasteiger partial charge in [0.1, 0.15) is 11.6 Å². The van der Waals surface area contributed by atoms with Crippen molar-refractivity contribution in [2.75, 3.05) is 18.5 Å². The van der Waals surface area contributed by atoms with Crippen molar-refractivity contribution in [2.45, 2.75) is 13.3 Å².